The van der Waals surface area contributed by atoms with Gasteiger partial charge >= 0.3 is 0 Å². The van der Waals surface area contributed by atoms with Crippen molar-refractivity contribution < 1.29 is 16.8 Å². The summed E-state index contributed by atoms with van der Waals surface area (Å²) in [6, 6.07) is 22.9. The van der Waals surface area contributed by atoms with E-state index in [1.807, 2.05) is 30.3 Å². The molecule has 0 aliphatic carbocycles. The maximum Gasteiger partial charge on any atom is 0.186 e. The van der Waals surface area contributed by atoms with Gasteiger partial charge in [-0.05, 0) is 34.9 Å². The minimum atomic E-state index is -3.83. The normalized spacial score (nSPS) is 17.7. The highest BCUT2D eigenvalue weighted by molar-refractivity contribution is 7.96. The number of fused-ring (bicyclic) bond motifs is 1. The van der Waals surface area contributed by atoms with Crippen LogP contribution in [0.5, 0.6) is 0 Å². The zero-order valence-corrected chi connectivity index (χ0v) is 17.3. The van der Waals surface area contributed by atoms with Crippen LogP contribution in [0.15, 0.2) is 88.7 Å². The SMILES string of the molecule is O=S1(=O)CC(S(=O)(=O)c2ccccc2)c2c(CNCc3ccccc3)cccc21. The molecule has 29 heavy (non-hydrogen) atoms. The van der Waals surface area contributed by atoms with Crippen LogP contribution in [0, 0.1) is 0 Å². The van der Waals surface area contributed by atoms with Crippen LogP contribution in [0.3, 0.4) is 0 Å². The number of hydrogen-bond acceptors (Lipinski definition) is 5. The molecule has 1 aliphatic heterocycles. The summed E-state index contributed by atoms with van der Waals surface area (Å²) >= 11 is 0. The van der Waals surface area contributed by atoms with Gasteiger partial charge in [0.25, 0.3) is 0 Å². The number of nitrogens with one attached hydrogen (secondary N) is 1. The summed E-state index contributed by atoms with van der Waals surface area (Å²) in [5.74, 6) is -0.421. The van der Waals surface area contributed by atoms with Crippen molar-refractivity contribution in [3.8, 4) is 0 Å². The van der Waals surface area contributed by atoms with Crippen LogP contribution in [0.2, 0.25) is 0 Å². The first-order valence-corrected chi connectivity index (χ1v) is 12.5. The van der Waals surface area contributed by atoms with Crippen molar-refractivity contribution in [3.63, 3.8) is 0 Å². The van der Waals surface area contributed by atoms with E-state index in [-0.39, 0.29) is 9.79 Å². The summed E-state index contributed by atoms with van der Waals surface area (Å²) < 4.78 is 51.9. The highest BCUT2D eigenvalue weighted by Crippen LogP contribution is 2.42. The summed E-state index contributed by atoms with van der Waals surface area (Å²) in [5.41, 5.74) is 2.20. The molecule has 0 saturated heterocycles. The third-order valence-electron chi connectivity index (χ3n) is 5.12. The zero-order valence-electron chi connectivity index (χ0n) is 15.7. The number of hydrogen-bond donors (Lipinski definition) is 1. The van der Waals surface area contributed by atoms with Crippen molar-refractivity contribution >= 4 is 19.7 Å². The lowest BCUT2D eigenvalue weighted by molar-refractivity contribution is 0.581. The monoisotopic (exact) mass is 427 g/mol. The highest BCUT2D eigenvalue weighted by Gasteiger charge is 2.44. The van der Waals surface area contributed by atoms with Crippen LogP contribution in [0.25, 0.3) is 0 Å². The molecule has 3 aromatic rings. The third kappa shape index (κ3) is 3.85. The van der Waals surface area contributed by atoms with Gasteiger partial charge in [0, 0.05) is 13.1 Å². The van der Waals surface area contributed by atoms with Crippen LogP contribution >= 0.6 is 0 Å². The van der Waals surface area contributed by atoms with Crippen molar-refractivity contribution in [2.75, 3.05) is 5.75 Å². The van der Waals surface area contributed by atoms with E-state index < -0.39 is 30.7 Å². The topological polar surface area (TPSA) is 80.3 Å². The van der Waals surface area contributed by atoms with Gasteiger partial charge in [-0.2, -0.15) is 0 Å². The van der Waals surface area contributed by atoms with Crippen LogP contribution in [-0.2, 0) is 32.8 Å². The smallest absolute Gasteiger partial charge is 0.186 e. The van der Waals surface area contributed by atoms with Gasteiger partial charge in [-0.15, -0.1) is 0 Å². The predicted molar refractivity (Wildman–Crippen MR) is 112 cm³/mol. The summed E-state index contributed by atoms with van der Waals surface area (Å²) in [6.45, 7) is 0.988. The first-order valence-electron chi connectivity index (χ1n) is 9.28. The molecule has 4 rings (SSSR count). The van der Waals surface area contributed by atoms with E-state index in [1.165, 1.54) is 18.2 Å². The summed E-state index contributed by atoms with van der Waals surface area (Å²) in [7, 11) is -7.48. The molecule has 3 aromatic carbocycles. The summed E-state index contributed by atoms with van der Waals surface area (Å²) in [5, 5.41) is 2.20. The van der Waals surface area contributed by atoms with Gasteiger partial charge in [-0.1, -0.05) is 60.7 Å². The molecule has 0 spiro atoms. The molecule has 5 nitrogen and oxygen atoms in total. The Hall–Kier alpha value is -2.48. The maximum absolute atomic E-state index is 13.2. The van der Waals surface area contributed by atoms with E-state index in [0.29, 0.717) is 24.2 Å². The Morgan fingerprint density at radius 1 is 0.828 bits per heavy atom. The van der Waals surface area contributed by atoms with Gasteiger partial charge < -0.3 is 5.32 Å². The molecule has 0 bridgehead atoms. The maximum atomic E-state index is 13.2. The Balaban J connectivity index is 1.69. The van der Waals surface area contributed by atoms with Crippen molar-refractivity contribution in [2.45, 2.75) is 28.1 Å². The molecule has 1 unspecified atom stereocenters. The van der Waals surface area contributed by atoms with Crippen LogP contribution in [-0.4, -0.2) is 22.6 Å². The fourth-order valence-corrected chi connectivity index (χ4v) is 8.13. The predicted octanol–water partition coefficient (Wildman–Crippen LogP) is 3.28. The number of rotatable bonds is 6. The highest BCUT2D eigenvalue weighted by atomic mass is 32.2. The Morgan fingerprint density at radius 2 is 1.48 bits per heavy atom. The quantitative estimate of drug-likeness (QED) is 0.653. The van der Waals surface area contributed by atoms with Gasteiger partial charge in [-0.3, -0.25) is 0 Å². The molecular formula is C22H21NO4S2. The number of benzene rings is 3. The molecule has 0 radical (unpaired) electrons. The summed E-state index contributed by atoms with van der Waals surface area (Å²) in [4.78, 5) is 0.265. The van der Waals surface area contributed by atoms with E-state index in [0.717, 1.165) is 5.56 Å². The lowest BCUT2D eigenvalue weighted by Gasteiger charge is -2.16. The van der Waals surface area contributed by atoms with Gasteiger partial charge in [0.15, 0.2) is 19.7 Å². The summed E-state index contributed by atoms with van der Waals surface area (Å²) in [6.07, 6.45) is 0. The standard InChI is InChI=1S/C22H21NO4S2/c24-28(25)16-21(29(26,27)19-11-5-2-6-12-19)22-18(10-7-13-20(22)28)15-23-14-17-8-3-1-4-9-17/h1-13,21,23H,14-16H2. The third-order valence-corrected chi connectivity index (χ3v) is 9.21. The Bertz CT molecular complexity index is 1220. The van der Waals surface area contributed by atoms with Gasteiger partial charge in [0.2, 0.25) is 0 Å². The molecule has 7 heteroatoms. The van der Waals surface area contributed by atoms with E-state index in [4.69, 9.17) is 0 Å². The van der Waals surface area contributed by atoms with E-state index in [1.54, 1.807) is 30.3 Å². The fraction of sp³-hybridized carbons (Fsp3) is 0.182. The molecule has 0 amide bonds. The average Bonchev–Trinajstić information content (AvgIpc) is 3.02. The van der Waals surface area contributed by atoms with Gasteiger partial charge in [-0.25, -0.2) is 16.8 Å². The minimum Gasteiger partial charge on any atom is -0.309 e. The molecule has 0 saturated carbocycles. The lowest BCUT2D eigenvalue weighted by atomic mass is 10.0. The molecule has 0 aromatic heterocycles. The molecule has 1 N–H and O–H groups in total. The van der Waals surface area contributed by atoms with Gasteiger partial charge in [0.1, 0.15) is 5.25 Å². The molecule has 1 aliphatic rings. The van der Waals surface area contributed by atoms with Crippen molar-refractivity contribution in [1.82, 2.24) is 5.32 Å². The molecule has 0 fully saturated rings. The molecular weight excluding hydrogens is 406 g/mol. The van der Waals surface area contributed by atoms with Crippen LogP contribution < -0.4 is 5.32 Å². The zero-order chi connectivity index (χ0) is 20.5. The first-order chi connectivity index (χ1) is 13.9. The second kappa shape index (κ2) is 7.74. The Kier molecular flexibility index (Phi) is 5.29. The van der Waals surface area contributed by atoms with E-state index in [2.05, 4.69) is 5.32 Å². The van der Waals surface area contributed by atoms with Crippen molar-refractivity contribution in [2.24, 2.45) is 0 Å². The largest absolute Gasteiger partial charge is 0.309 e. The van der Waals surface area contributed by atoms with Crippen molar-refractivity contribution in [3.05, 3.63) is 95.6 Å². The average molecular weight is 428 g/mol. The fourth-order valence-electron chi connectivity index (χ4n) is 3.71. The first kappa shape index (κ1) is 19.8. The Labute approximate surface area is 171 Å². The van der Waals surface area contributed by atoms with E-state index >= 15 is 0 Å². The van der Waals surface area contributed by atoms with Gasteiger partial charge in [0.05, 0.1) is 15.5 Å². The lowest BCUT2D eigenvalue weighted by Crippen LogP contribution is -2.19. The number of sulfone groups is 2. The van der Waals surface area contributed by atoms with Crippen LogP contribution in [0.4, 0.5) is 0 Å². The molecule has 1 heterocycles. The van der Waals surface area contributed by atoms with Crippen LogP contribution in [0.1, 0.15) is 21.9 Å². The van der Waals surface area contributed by atoms with Crippen molar-refractivity contribution in [1.29, 1.82) is 0 Å². The molecule has 150 valence electrons. The van der Waals surface area contributed by atoms with E-state index in [9.17, 15) is 16.8 Å². The Morgan fingerprint density at radius 3 is 2.17 bits per heavy atom. The molecule has 1 atom stereocenters. The second-order valence-electron chi connectivity index (χ2n) is 7.05. The minimum absolute atomic E-state index is 0.126. The second-order valence-corrected chi connectivity index (χ2v) is 11.2.